The number of rotatable bonds is 2. The SMILES string of the molecule is O=C(O)c1c2c(nc3ccccc13)/C(=C\c1ccc(Cl)cc1)CCC2. The minimum absolute atomic E-state index is 0.391. The molecule has 1 aromatic heterocycles. The number of allylic oxidation sites excluding steroid dienone is 1. The molecule has 0 unspecified atom stereocenters. The van der Waals surface area contributed by atoms with Crippen LogP contribution in [0.4, 0.5) is 0 Å². The number of carboxylic acid groups (broad SMARTS) is 1. The summed E-state index contributed by atoms with van der Waals surface area (Å²) in [6.45, 7) is 0. The Labute approximate surface area is 150 Å². The van der Waals surface area contributed by atoms with E-state index < -0.39 is 5.97 Å². The molecule has 0 atom stereocenters. The molecule has 25 heavy (non-hydrogen) atoms. The molecule has 4 heteroatoms. The average Bonchev–Trinajstić information content (AvgIpc) is 2.62. The zero-order valence-corrected chi connectivity index (χ0v) is 14.3. The zero-order chi connectivity index (χ0) is 17.4. The van der Waals surface area contributed by atoms with E-state index in [0.717, 1.165) is 47.2 Å². The van der Waals surface area contributed by atoms with Crippen LogP contribution >= 0.6 is 11.6 Å². The molecule has 4 rings (SSSR count). The zero-order valence-electron chi connectivity index (χ0n) is 13.5. The molecule has 3 aromatic rings. The summed E-state index contributed by atoms with van der Waals surface area (Å²) in [4.78, 5) is 16.7. The number of carbonyl (C=O) groups is 1. The van der Waals surface area contributed by atoms with Gasteiger partial charge in [0.1, 0.15) is 0 Å². The molecular formula is C21H16ClNO2. The monoisotopic (exact) mass is 349 g/mol. The van der Waals surface area contributed by atoms with Crippen molar-refractivity contribution in [2.75, 3.05) is 0 Å². The number of aromatic nitrogens is 1. The van der Waals surface area contributed by atoms with E-state index in [1.165, 1.54) is 0 Å². The van der Waals surface area contributed by atoms with Crippen LogP contribution in [0.3, 0.4) is 0 Å². The van der Waals surface area contributed by atoms with Crippen molar-refractivity contribution in [3.63, 3.8) is 0 Å². The van der Waals surface area contributed by atoms with Crippen molar-refractivity contribution in [2.24, 2.45) is 0 Å². The largest absolute Gasteiger partial charge is 0.478 e. The molecular weight excluding hydrogens is 334 g/mol. The summed E-state index contributed by atoms with van der Waals surface area (Å²) < 4.78 is 0. The van der Waals surface area contributed by atoms with Gasteiger partial charge < -0.3 is 5.11 Å². The second-order valence-electron chi connectivity index (χ2n) is 6.21. The molecule has 1 aliphatic carbocycles. The Hall–Kier alpha value is -2.65. The van der Waals surface area contributed by atoms with Crippen LogP contribution in [0, 0.1) is 0 Å². The van der Waals surface area contributed by atoms with Gasteiger partial charge in [0.25, 0.3) is 0 Å². The van der Waals surface area contributed by atoms with Gasteiger partial charge in [0.15, 0.2) is 0 Å². The summed E-state index contributed by atoms with van der Waals surface area (Å²) in [5.74, 6) is -0.886. The molecule has 0 saturated carbocycles. The van der Waals surface area contributed by atoms with Crippen LogP contribution in [-0.2, 0) is 6.42 Å². The normalized spacial score (nSPS) is 15.3. The van der Waals surface area contributed by atoms with Crippen molar-refractivity contribution < 1.29 is 9.90 Å². The van der Waals surface area contributed by atoms with Gasteiger partial charge in [-0.25, -0.2) is 9.78 Å². The van der Waals surface area contributed by atoms with Gasteiger partial charge in [0.05, 0.1) is 16.8 Å². The Morgan fingerprint density at radius 2 is 1.84 bits per heavy atom. The Kier molecular flexibility index (Phi) is 4.02. The molecule has 0 radical (unpaired) electrons. The number of benzene rings is 2. The maximum atomic E-state index is 11.9. The third kappa shape index (κ3) is 2.92. The van der Waals surface area contributed by atoms with Crippen LogP contribution in [0.1, 0.15) is 40.0 Å². The van der Waals surface area contributed by atoms with Crippen LogP contribution in [0.5, 0.6) is 0 Å². The first-order chi connectivity index (χ1) is 12.1. The lowest BCUT2D eigenvalue weighted by molar-refractivity contribution is 0.0697. The standard InChI is InChI=1S/C21H16ClNO2/c22-15-10-8-13(9-11-15)12-14-4-3-6-17-19(21(24)25)16-5-1-2-7-18(16)23-20(14)17/h1-2,5,7-12H,3-4,6H2,(H,24,25)/b14-12-. The lowest BCUT2D eigenvalue weighted by Crippen LogP contribution is -2.13. The minimum Gasteiger partial charge on any atom is -0.478 e. The molecule has 0 aliphatic heterocycles. The van der Waals surface area contributed by atoms with E-state index in [0.29, 0.717) is 16.0 Å². The Morgan fingerprint density at radius 1 is 1.08 bits per heavy atom. The molecule has 2 aromatic carbocycles. The molecule has 3 nitrogen and oxygen atoms in total. The highest BCUT2D eigenvalue weighted by Crippen LogP contribution is 2.36. The van der Waals surface area contributed by atoms with Gasteiger partial charge in [-0.3, -0.25) is 0 Å². The minimum atomic E-state index is -0.886. The van der Waals surface area contributed by atoms with Crippen molar-refractivity contribution in [1.29, 1.82) is 0 Å². The molecule has 124 valence electrons. The van der Waals surface area contributed by atoms with Gasteiger partial charge in [-0.15, -0.1) is 0 Å². The van der Waals surface area contributed by atoms with Crippen molar-refractivity contribution in [1.82, 2.24) is 4.98 Å². The number of carboxylic acids is 1. The number of fused-ring (bicyclic) bond motifs is 2. The van der Waals surface area contributed by atoms with Crippen molar-refractivity contribution in [2.45, 2.75) is 19.3 Å². The molecule has 0 saturated heterocycles. The van der Waals surface area contributed by atoms with Crippen LogP contribution < -0.4 is 0 Å². The topological polar surface area (TPSA) is 50.2 Å². The van der Waals surface area contributed by atoms with Gasteiger partial charge in [0.2, 0.25) is 0 Å². The number of para-hydroxylation sites is 1. The lowest BCUT2D eigenvalue weighted by atomic mass is 9.86. The first kappa shape index (κ1) is 15.9. The average molecular weight is 350 g/mol. The van der Waals surface area contributed by atoms with Gasteiger partial charge in [-0.2, -0.15) is 0 Å². The summed E-state index contributed by atoms with van der Waals surface area (Å²) in [7, 11) is 0. The van der Waals surface area contributed by atoms with Gasteiger partial charge in [-0.1, -0.05) is 41.9 Å². The van der Waals surface area contributed by atoms with Gasteiger partial charge in [-0.05, 0) is 60.2 Å². The molecule has 0 fully saturated rings. The second-order valence-corrected chi connectivity index (χ2v) is 6.65. The fourth-order valence-corrected chi connectivity index (χ4v) is 3.61. The Balaban J connectivity index is 1.95. The Morgan fingerprint density at radius 3 is 2.60 bits per heavy atom. The maximum absolute atomic E-state index is 11.9. The van der Waals surface area contributed by atoms with Crippen LogP contribution in [0.2, 0.25) is 5.02 Å². The quantitative estimate of drug-likeness (QED) is 0.668. The number of hydrogen-bond donors (Lipinski definition) is 1. The number of halogens is 1. The predicted molar refractivity (Wildman–Crippen MR) is 101 cm³/mol. The first-order valence-electron chi connectivity index (χ1n) is 8.25. The number of nitrogens with zero attached hydrogens (tertiary/aromatic N) is 1. The van der Waals surface area contributed by atoms with E-state index in [1.807, 2.05) is 48.5 Å². The molecule has 0 spiro atoms. The van der Waals surface area contributed by atoms with Crippen molar-refractivity contribution in [3.8, 4) is 0 Å². The summed E-state index contributed by atoms with van der Waals surface area (Å²) in [5.41, 5.74) is 4.90. The highest BCUT2D eigenvalue weighted by atomic mass is 35.5. The highest BCUT2D eigenvalue weighted by molar-refractivity contribution is 6.30. The van der Waals surface area contributed by atoms with Crippen molar-refractivity contribution in [3.05, 3.63) is 75.9 Å². The molecule has 1 N–H and O–H groups in total. The third-order valence-corrected chi connectivity index (χ3v) is 4.85. The molecule has 1 heterocycles. The second kappa shape index (κ2) is 6.34. The molecule has 1 aliphatic rings. The van der Waals surface area contributed by atoms with E-state index in [9.17, 15) is 9.90 Å². The van der Waals surface area contributed by atoms with E-state index >= 15 is 0 Å². The van der Waals surface area contributed by atoms with E-state index in [-0.39, 0.29) is 0 Å². The maximum Gasteiger partial charge on any atom is 0.336 e. The molecule has 0 amide bonds. The van der Waals surface area contributed by atoms with Crippen LogP contribution in [-0.4, -0.2) is 16.1 Å². The fraction of sp³-hybridized carbons (Fsp3) is 0.143. The summed E-state index contributed by atoms with van der Waals surface area (Å²) >= 11 is 5.96. The summed E-state index contributed by atoms with van der Waals surface area (Å²) in [6.07, 6.45) is 4.64. The summed E-state index contributed by atoms with van der Waals surface area (Å²) in [5, 5.41) is 11.2. The van der Waals surface area contributed by atoms with Crippen LogP contribution in [0.25, 0.3) is 22.6 Å². The smallest absolute Gasteiger partial charge is 0.336 e. The number of hydrogen-bond acceptors (Lipinski definition) is 2. The van der Waals surface area contributed by atoms with Gasteiger partial charge >= 0.3 is 5.97 Å². The third-order valence-electron chi connectivity index (χ3n) is 4.60. The predicted octanol–water partition coefficient (Wildman–Crippen LogP) is 5.46. The fourth-order valence-electron chi connectivity index (χ4n) is 3.48. The number of aromatic carboxylic acids is 1. The number of pyridine rings is 1. The van der Waals surface area contributed by atoms with Crippen molar-refractivity contribution >= 4 is 40.1 Å². The summed E-state index contributed by atoms with van der Waals surface area (Å²) in [6, 6.07) is 15.1. The Bertz CT molecular complexity index is 1010. The van der Waals surface area contributed by atoms with Crippen LogP contribution in [0.15, 0.2) is 48.5 Å². The van der Waals surface area contributed by atoms with Gasteiger partial charge in [0, 0.05) is 10.4 Å². The first-order valence-corrected chi connectivity index (χ1v) is 8.63. The van der Waals surface area contributed by atoms with E-state index in [1.54, 1.807) is 0 Å². The molecule has 0 bridgehead atoms. The van der Waals surface area contributed by atoms with E-state index in [4.69, 9.17) is 16.6 Å². The van der Waals surface area contributed by atoms with E-state index in [2.05, 4.69) is 6.08 Å². The lowest BCUT2D eigenvalue weighted by Gasteiger charge is -2.21. The highest BCUT2D eigenvalue weighted by Gasteiger charge is 2.24.